The van der Waals surface area contributed by atoms with Crippen LogP contribution < -0.4 is 11.1 Å². The Morgan fingerprint density at radius 2 is 2.05 bits per heavy atom. The van der Waals surface area contributed by atoms with Crippen LogP contribution in [0.25, 0.3) is 0 Å². The van der Waals surface area contributed by atoms with Gasteiger partial charge in [0.05, 0.1) is 0 Å². The van der Waals surface area contributed by atoms with Crippen LogP contribution in [0.15, 0.2) is 24.3 Å². The second kappa shape index (κ2) is 7.57. The number of piperidine rings is 1. The minimum absolute atomic E-state index is 0.0842. The number of rotatable bonds is 5. The molecular formula is C17H27N3O. The molecule has 1 amide bonds. The Bertz CT molecular complexity index is 458. The lowest BCUT2D eigenvalue weighted by Gasteiger charge is -2.37. The zero-order chi connectivity index (χ0) is 15.2. The van der Waals surface area contributed by atoms with Gasteiger partial charge in [-0.25, -0.2) is 0 Å². The van der Waals surface area contributed by atoms with Crippen molar-refractivity contribution >= 4 is 11.6 Å². The molecule has 1 saturated heterocycles. The fraction of sp³-hybridized carbons (Fsp3) is 0.588. The summed E-state index contributed by atoms with van der Waals surface area (Å²) in [7, 11) is 0. The van der Waals surface area contributed by atoms with Crippen molar-refractivity contribution < 1.29 is 4.79 Å². The van der Waals surface area contributed by atoms with Crippen molar-refractivity contribution in [3.63, 3.8) is 0 Å². The van der Waals surface area contributed by atoms with Crippen LogP contribution in [0.3, 0.4) is 0 Å². The standard InChI is InChI=1S/C17H27N3O/c1-13-4-3-10-20(14(13)2)11-9-17(21)19-16-7-5-15(12-18)6-8-16/h5-8,13-14H,3-4,9-12,18H2,1-2H3,(H,19,21). The Labute approximate surface area is 127 Å². The highest BCUT2D eigenvalue weighted by atomic mass is 16.1. The van der Waals surface area contributed by atoms with E-state index < -0.39 is 0 Å². The highest BCUT2D eigenvalue weighted by molar-refractivity contribution is 5.90. The van der Waals surface area contributed by atoms with E-state index in [0.29, 0.717) is 19.0 Å². The quantitative estimate of drug-likeness (QED) is 0.876. The first kappa shape index (κ1) is 16.0. The van der Waals surface area contributed by atoms with Gasteiger partial charge in [0.25, 0.3) is 0 Å². The molecule has 0 saturated carbocycles. The first-order valence-corrected chi connectivity index (χ1v) is 7.93. The number of nitrogens with one attached hydrogen (secondary N) is 1. The molecule has 0 radical (unpaired) electrons. The van der Waals surface area contributed by atoms with E-state index in [1.807, 2.05) is 24.3 Å². The smallest absolute Gasteiger partial charge is 0.225 e. The second-order valence-electron chi connectivity index (χ2n) is 6.10. The molecule has 1 heterocycles. The van der Waals surface area contributed by atoms with Crippen molar-refractivity contribution in [1.29, 1.82) is 0 Å². The molecule has 0 aromatic heterocycles. The third-order valence-electron chi connectivity index (χ3n) is 4.60. The number of likely N-dealkylation sites (tertiary alicyclic amines) is 1. The highest BCUT2D eigenvalue weighted by Crippen LogP contribution is 2.22. The molecule has 4 nitrogen and oxygen atoms in total. The van der Waals surface area contributed by atoms with Gasteiger partial charge < -0.3 is 11.1 Å². The van der Waals surface area contributed by atoms with E-state index in [0.717, 1.165) is 30.3 Å². The van der Waals surface area contributed by atoms with Crippen LogP contribution in [0.2, 0.25) is 0 Å². The molecule has 1 aromatic rings. The Hall–Kier alpha value is -1.39. The number of hydrogen-bond acceptors (Lipinski definition) is 3. The number of nitrogens with zero attached hydrogens (tertiary/aromatic N) is 1. The lowest BCUT2D eigenvalue weighted by atomic mass is 9.92. The molecule has 1 aromatic carbocycles. The Balaban J connectivity index is 1.78. The Kier molecular flexibility index (Phi) is 5.76. The number of amides is 1. The summed E-state index contributed by atoms with van der Waals surface area (Å²) in [6.45, 7) is 7.06. The molecule has 4 heteroatoms. The molecule has 1 aliphatic rings. The molecule has 3 N–H and O–H groups in total. The summed E-state index contributed by atoms with van der Waals surface area (Å²) in [6.07, 6.45) is 3.10. The van der Waals surface area contributed by atoms with Gasteiger partial charge in [0.1, 0.15) is 0 Å². The molecule has 1 aliphatic heterocycles. The largest absolute Gasteiger partial charge is 0.326 e. The maximum Gasteiger partial charge on any atom is 0.225 e. The SMILES string of the molecule is CC1CCCN(CCC(=O)Nc2ccc(CN)cc2)C1C. The van der Waals surface area contributed by atoms with E-state index in [4.69, 9.17) is 5.73 Å². The van der Waals surface area contributed by atoms with Gasteiger partial charge in [0, 0.05) is 31.2 Å². The first-order valence-electron chi connectivity index (χ1n) is 7.93. The number of nitrogens with two attached hydrogens (primary N) is 1. The zero-order valence-corrected chi connectivity index (χ0v) is 13.1. The summed E-state index contributed by atoms with van der Waals surface area (Å²) < 4.78 is 0. The van der Waals surface area contributed by atoms with Crippen LogP contribution in [0.5, 0.6) is 0 Å². The molecule has 2 unspecified atom stereocenters. The van der Waals surface area contributed by atoms with E-state index in [1.165, 1.54) is 12.8 Å². The number of hydrogen-bond donors (Lipinski definition) is 2. The summed E-state index contributed by atoms with van der Waals surface area (Å²) in [5.74, 6) is 0.812. The molecule has 21 heavy (non-hydrogen) atoms. The van der Waals surface area contributed by atoms with Crippen LogP contribution in [0.4, 0.5) is 5.69 Å². The minimum Gasteiger partial charge on any atom is -0.326 e. The fourth-order valence-corrected chi connectivity index (χ4v) is 2.93. The van der Waals surface area contributed by atoms with Gasteiger partial charge in [0.2, 0.25) is 5.91 Å². The molecular weight excluding hydrogens is 262 g/mol. The van der Waals surface area contributed by atoms with Crippen molar-refractivity contribution in [3.05, 3.63) is 29.8 Å². The van der Waals surface area contributed by atoms with E-state index in [-0.39, 0.29) is 5.91 Å². The monoisotopic (exact) mass is 289 g/mol. The maximum atomic E-state index is 12.0. The fourth-order valence-electron chi connectivity index (χ4n) is 2.93. The second-order valence-corrected chi connectivity index (χ2v) is 6.10. The van der Waals surface area contributed by atoms with E-state index in [1.54, 1.807) is 0 Å². The molecule has 116 valence electrons. The van der Waals surface area contributed by atoms with Crippen molar-refractivity contribution in [2.45, 2.75) is 45.7 Å². The van der Waals surface area contributed by atoms with E-state index in [9.17, 15) is 4.79 Å². The summed E-state index contributed by atoms with van der Waals surface area (Å²) in [5, 5.41) is 2.95. The van der Waals surface area contributed by atoms with Crippen LogP contribution >= 0.6 is 0 Å². The lowest BCUT2D eigenvalue weighted by Crippen LogP contribution is -2.43. The average Bonchev–Trinajstić information content (AvgIpc) is 2.49. The summed E-state index contributed by atoms with van der Waals surface area (Å²) in [4.78, 5) is 14.5. The first-order chi connectivity index (χ1) is 10.1. The van der Waals surface area contributed by atoms with E-state index >= 15 is 0 Å². The number of carbonyl (C=O) groups excluding carboxylic acids is 1. The van der Waals surface area contributed by atoms with Gasteiger partial charge in [-0.2, -0.15) is 0 Å². The highest BCUT2D eigenvalue weighted by Gasteiger charge is 2.24. The summed E-state index contributed by atoms with van der Waals surface area (Å²) in [5.41, 5.74) is 7.48. The predicted molar refractivity (Wildman–Crippen MR) is 87.0 cm³/mol. The third-order valence-corrected chi connectivity index (χ3v) is 4.60. The maximum absolute atomic E-state index is 12.0. The number of carbonyl (C=O) groups is 1. The summed E-state index contributed by atoms with van der Waals surface area (Å²) in [6, 6.07) is 8.29. The van der Waals surface area contributed by atoms with Gasteiger partial charge in [-0.3, -0.25) is 9.69 Å². The zero-order valence-electron chi connectivity index (χ0n) is 13.1. The number of anilines is 1. The minimum atomic E-state index is 0.0842. The van der Waals surface area contributed by atoms with Gasteiger partial charge in [-0.15, -0.1) is 0 Å². The molecule has 2 rings (SSSR count). The van der Waals surface area contributed by atoms with Crippen molar-refractivity contribution in [1.82, 2.24) is 4.90 Å². The Morgan fingerprint density at radius 1 is 1.33 bits per heavy atom. The van der Waals surface area contributed by atoms with E-state index in [2.05, 4.69) is 24.1 Å². The van der Waals surface area contributed by atoms with Gasteiger partial charge >= 0.3 is 0 Å². The predicted octanol–water partition coefficient (Wildman–Crippen LogP) is 2.59. The molecule has 0 spiro atoms. The van der Waals surface area contributed by atoms with Crippen molar-refractivity contribution in [2.24, 2.45) is 11.7 Å². The molecule has 0 bridgehead atoms. The molecule has 1 fully saturated rings. The third kappa shape index (κ3) is 4.55. The lowest BCUT2D eigenvalue weighted by molar-refractivity contribution is -0.116. The molecule has 0 aliphatic carbocycles. The van der Waals surface area contributed by atoms with Crippen LogP contribution in [0.1, 0.15) is 38.7 Å². The average molecular weight is 289 g/mol. The van der Waals surface area contributed by atoms with Crippen LogP contribution in [-0.2, 0) is 11.3 Å². The topological polar surface area (TPSA) is 58.4 Å². The van der Waals surface area contributed by atoms with Gasteiger partial charge in [-0.05, 0) is 49.9 Å². The number of benzene rings is 1. The Morgan fingerprint density at radius 3 is 2.71 bits per heavy atom. The van der Waals surface area contributed by atoms with Crippen LogP contribution in [0, 0.1) is 5.92 Å². The normalized spacial score (nSPS) is 23.0. The van der Waals surface area contributed by atoms with Gasteiger partial charge in [0.15, 0.2) is 0 Å². The summed E-state index contributed by atoms with van der Waals surface area (Å²) >= 11 is 0. The van der Waals surface area contributed by atoms with Crippen molar-refractivity contribution in [3.8, 4) is 0 Å². The molecule has 2 atom stereocenters. The van der Waals surface area contributed by atoms with Crippen molar-refractivity contribution in [2.75, 3.05) is 18.4 Å². The van der Waals surface area contributed by atoms with Gasteiger partial charge in [-0.1, -0.05) is 19.1 Å². The van der Waals surface area contributed by atoms with Crippen LogP contribution in [-0.4, -0.2) is 29.9 Å².